The van der Waals surface area contributed by atoms with Crippen molar-refractivity contribution in [3.05, 3.63) is 118 Å². The Morgan fingerprint density at radius 1 is 1.00 bits per heavy atom. The minimum absolute atomic E-state index is 0.357. The lowest BCUT2D eigenvalue weighted by molar-refractivity contribution is -0.192. The SMILES string of the molecule is COc1nc2ccc(C(N)(c3ccc(C(F)(F)F)nc3)c3cncn3C)cc2c(Cl)c1Cc1ccccc1.O=C(O)C(F)(F)F. The van der Waals surface area contributed by atoms with Gasteiger partial charge in [-0.3, -0.25) is 4.98 Å². The highest BCUT2D eigenvalue weighted by molar-refractivity contribution is 6.36. The maximum atomic E-state index is 13.2. The molecule has 1 atom stereocenters. The number of nitrogens with zero attached hydrogens (tertiary/aromatic N) is 4. The van der Waals surface area contributed by atoms with Gasteiger partial charge in [0.25, 0.3) is 0 Å². The van der Waals surface area contributed by atoms with Gasteiger partial charge in [0, 0.05) is 36.2 Å². The summed E-state index contributed by atoms with van der Waals surface area (Å²) in [5.74, 6) is -2.34. The second-order valence-corrected chi connectivity index (χ2v) is 10.1. The third-order valence-electron chi connectivity index (χ3n) is 6.82. The molecular formula is C30H24ClF6N5O3. The quantitative estimate of drug-likeness (QED) is 0.201. The predicted molar refractivity (Wildman–Crippen MR) is 153 cm³/mol. The maximum absolute atomic E-state index is 13.2. The Labute approximate surface area is 257 Å². The molecule has 0 spiro atoms. The smallest absolute Gasteiger partial charge is 0.481 e. The number of aryl methyl sites for hydroxylation is 1. The van der Waals surface area contributed by atoms with Gasteiger partial charge >= 0.3 is 18.3 Å². The average Bonchev–Trinajstić information content (AvgIpc) is 3.44. The van der Waals surface area contributed by atoms with Crippen LogP contribution in [0.3, 0.4) is 0 Å². The van der Waals surface area contributed by atoms with E-state index in [0.717, 1.165) is 17.8 Å². The number of aliphatic carboxylic acids is 1. The number of hydrogen-bond donors (Lipinski definition) is 2. The number of pyridine rings is 2. The largest absolute Gasteiger partial charge is 0.490 e. The number of carboxylic acids is 1. The van der Waals surface area contributed by atoms with Gasteiger partial charge in [0.05, 0.1) is 35.9 Å². The molecule has 236 valence electrons. The predicted octanol–water partition coefficient (Wildman–Crippen LogP) is 6.52. The first kappa shape index (κ1) is 33.2. The number of halogens is 7. The maximum Gasteiger partial charge on any atom is 0.490 e. The van der Waals surface area contributed by atoms with Gasteiger partial charge in [-0.2, -0.15) is 26.3 Å². The van der Waals surface area contributed by atoms with Gasteiger partial charge in [0.15, 0.2) is 0 Å². The van der Waals surface area contributed by atoms with E-state index in [4.69, 9.17) is 32.0 Å². The van der Waals surface area contributed by atoms with Crippen LogP contribution in [-0.2, 0) is 30.0 Å². The molecule has 0 radical (unpaired) electrons. The van der Waals surface area contributed by atoms with Gasteiger partial charge in [-0.15, -0.1) is 0 Å². The van der Waals surface area contributed by atoms with E-state index in [-0.39, 0.29) is 0 Å². The number of alkyl halides is 6. The Morgan fingerprint density at radius 3 is 2.16 bits per heavy atom. The van der Waals surface area contributed by atoms with Gasteiger partial charge in [0.1, 0.15) is 11.2 Å². The summed E-state index contributed by atoms with van der Waals surface area (Å²) in [5.41, 5.74) is 8.49. The molecule has 0 saturated carbocycles. The molecule has 2 aromatic carbocycles. The number of imidazole rings is 1. The first-order valence-electron chi connectivity index (χ1n) is 12.9. The first-order valence-corrected chi connectivity index (χ1v) is 13.2. The van der Waals surface area contributed by atoms with Crippen molar-refractivity contribution in [3.8, 4) is 5.88 Å². The van der Waals surface area contributed by atoms with Crippen molar-refractivity contribution in [1.82, 2.24) is 19.5 Å². The van der Waals surface area contributed by atoms with E-state index in [1.54, 1.807) is 36.3 Å². The number of carbonyl (C=O) groups is 1. The summed E-state index contributed by atoms with van der Waals surface area (Å²) in [6.45, 7) is 0. The van der Waals surface area contributed by atoms with Gasteiger partial charge in [0.2, 0.25) is 5.88 Å². The third kappa shape index (κ3) is 7.02. The van der Waals surface area contributed by atoms with E-state index in [9.17, 15) is 26.3 Å². The van der Waals surface area contributed by atoms with E-state index < -0.39 is 29.6 Å². The molecular weight excluding hydrogens is 628 g/mol. The van der Waals surface area contributed by atoms with Crippen LogP contribution in [0.25, 0.3) is 10.9 Å². The van der Waals surface area contributed by atoms with Gasteiger partial charge in [-0.05, 0) is 29.3 Å². The van der Waals surface area contributed by atoms with Crippen LogP contribution in [0.15, 0.2) is 79.4 Å². The standard InChI is InChI=1S/C28H23ClF3N5O.C2HF3O2/c1-37-16-34-15-24(37)27(33,19-9-11-23(35-14-19)28(30,31)32)18-8-10-22-20(13-18)25(29)21(26(36-22)38-2)12-17-6-4-3-5-7-17;3-2(4,5)1(6)7/h3-11,13-16H,12,33H2,1-2H3;(H,6,7). The highest BCUT2D eigenvalue weighted by atomic mass is 35.5. The zero-order valence-electron chi connectivity index (χ0n) is 23.5. The van der Waals surface area contributed by atoms with Crippen molar-refractivity contribution in [1.29, 1.82) is 0 Å². The summed E-state index contributed by atoms with van der Waals surface area (Å²) in [7, 11) is 3.30. The fourth-order valence-corrected chi connectivity index (χ4v) is 4.90. The van der Waals surface area contributed by atoms with Crippen LogP contribution in [0.4, 0.5) is 26.3 Å². The molecule has 5 aromatic rings. The minimum Gasteiger partial charge on any atom is -0.481 e. The second kappa shape index (κ2) is 12.7. The first-order chi connectivity index (χ1) is 21.1. The Morgan fingerprint density at radius 2 is 1.64 bits per heavy atom. The number of methoxy groups -OCH3 is 1. The summed E-state index contributed by atoms with van der Waals surface area (Å²) in [5, 5.41) is 8.21. The Balaban J connectivity index is 0.000000591. The lowest BCUT2D eigenvalue weighted by Gasteiger charge is -2.31. The summed E-state index contributed by atoms with van der Waals surface area (Å²) in [6.07, 6.45) is -4.86. The minimum atomic E-state index is -5.08. The third-order valence-corrected chi connectivity index (χ3v) is 7.25. The number of fused-ring (bicyclic) bond motifs is 1. The number of rotatable bonds is 6. The fourth-order valence-electron chi connectivity index (χ4n) is 4.60. The molecule has 15 heteroatoms. The molecule has 0 aliphatic heterocycles. The van der Waals surface area contributed by atoms with Crippen molar-refractivity contribution >= 4 is 28.5 Å². The molecule has 5 rings (SSSR count). The fraction of sp³-hybridized carbons (Fsp3) is 0.200. The van der Waals surface area contributed by atoms with Crippen molar-refractivity contribution in [2.24, 2.45) is 12.8 Å². The number of hydrogen-bond acceptors (Lipinski definition) is 6. The summed E-state index contributed by atoms with van der Waals surface area (Å²) in [6, 6.07) is 17.4. The molecule has 0 bridgehead atoms. The van der Waals surface area contributed by atoms with Crippen LogP contribution < -0.4 is 10.5 Å². The summed E-state index contributed by atoms with van der Waals surface area (Å²) >= 11 is 6.95. The summed E-state index contributed by atoms with van der Waals surface area (Å²) in [4.78, 5) is 21.4. The molecule has 1 unspecified atom stereocenters. The van der Waals surface area contributed by atoms with E-state index in [1.807, 2.05) is 36.4 Å². The van der Waals surface area contributed by atoms with Gasteiger partial charge < -0.3 is 20.1 Å². The zero-order chi connectivity index (χ0) is 33.2. The van der Waals surface area contributed by atoms with Crippen LogP contribution in [0.2, 0.25) is 5.02 Å². The van der Waals surface area contributed by atoms with Crippen molar-refractivity contribution in [2.45, 2.75) is 24.3 Å². The van der Waals surface area contributed by atoms with E-state index in [2.05, 4.69) is 15.0 Å². The Kier molecular flexibility index (Phi) is 9.40. The van der Waals surface area contributed by atoms with Crippen LogP contribution in [-0.4, -0.2) is 43.9 Å². The molecule has 0 fully saturated rings. The van der Waals surface area contributed by atoms with Crippen LogP contribution in [0, 0.1) is 0 Å². The molecule has 3 heterocycles. The van der Waals surface area contributed by atoms with Crippen molar-refractivity contribution in [2.75, 3.05) is 7.11 Å². The highest BCUT2D eigenvalue weighted by Gasteiger charge is 2.39. The number of carboxylic acid groups (broad SMARTS) is 1. The Hall–Kier alpha value is -4.69. The Bertz CT molecular complexity index is 1810. The molecule has 8 nitrogen and oxygen atoms in total. The number of ether oxygens (including phenoxy) is 1. The van der Waals surface area contributed by atoms with Crippen molar-refractivity contribution in [3.63, 3.8) is 0 Å². The van der Waals surface area contributed by atoms with Crippen LogP contribution in [0.1, 0.15) is 33.6 Å². The van der Waals surface area contributed by atoms with Gasteiger partial charge in [-0.25, -0.2) is 14.8 Å². The second-order valence-electron chi connectivity index (χ2n) is 9.74. The molecule has 3 aromatic heterocycles. The molecule has 0 aliphatic carbocycles. The number of nitrogens with two attached hydrogens (primary N) is 1. The summed E-state index contributed by atoms with van der Waals surface area (Å²) < 4.78 is 78.6. The molecule has 45 heavy (non-hydrogen) atoms. The molecule has 0 saturated heterocycles. The molecule has 3 N–H and O–H groups in total. The molecule has 0 amide bonds. The zero-order valence-corrected chi connectivity index (χ0v) is 24.2. The van der Waals surface area contributed by atoms with E-state index >= 15 is 0 Å². The molecule has 0 aliphatic rings. The van der Waals surface area contributed by atoms with Crippen molar-refractivity contribution < 1.29 is 41.0 Å². The van der Waals surface area contributed by atoms with E-state index in [1.165, 1.54) is 13.2 Å². The topological polar surface area (TPSA) is 116 Å². The van der Waals surface area contributed by atoms with E-state index in [0.29, 0.717) is 50.6 Å². The lowest BCUT2D eigenvalue weighted by atomic mass is 9.81. The number of aromatic nitrogens is 4. The van der Waals surface area contributed by atoms with Crippen LogP contribution >= 0.6 is 11.6 Å². The monoisotopic (exact) mass is 651 g/mol. The highest BCUT2D eigenvalue weighted by Crippen LogP contribution is 2.40. The van der Waals surface area contributed by atoms with Gasteiger partial charge in [-0.1, -0.05) is 54.1 Å². The number of benzene rings is 2. The average molecular weight is 652 g/mol. The normalized spacial score (nSPS) is 13.1. The lowest BCUT2D eigenvalue weighted by Crippen LogP contribution is -2.41. The van der Waals surface area contributed by atoms with Crippen LogP contribution in [0.5, 0.6) is 5.88 Å².